The Kier molecular flexibility index (Phi) is 3.61. The molecule has 0 bridgehead atoms. The average Bonchev–Trinajstić information content (AvgIpc) is 3.14. The Balaban J connectivity index is 1.50. The number of rotatable bonds is 3. The first-order valence-corrected chi connectivity index (χ1v) is 8.67. The van der Waals surface area contributed by atoms with E-state index in [0.29, 0.717) is 0 Å². The lowest BCUT2D eigenvalue weighted by Gasteiger charge is -2.15. The number of carbonyl (C=O) groups is 1. The summed E-state index contributed by atoms with van der Waals surface area (Å²) in [5.41, 5.74) is 12.5. The summed E-state index contributed by atoms with van der Waals surface area (Å²) in [7, 11) is 0. The molecule has 1 aliphatic rings. The minimum Gasteiger partial charge on any atom is -0.312 e. The zero-order valence-corrected chi connectivity index (χ0v) is 14.4. The van der Waals surface area contributed by atoms with E-state index in [1.807, 2.05) is 42.2 Å². The van der Waals surface area contributed by atoms with Crippen molar-refractivity contribution < 1.29 is 4.79 Å². The fraction of sp³-hybridized carbons (Fsp3) is 0.222. The minimum atomic E-state index is 0.0889. The molecule has 0 aliphatic carbocycles. The third-order valence-corrected chi connectivity index (χ3v) is 5.10. The van der Waals surface area contributed by atoms with Crippen LogP contribution >= 0.6 is 11.3 Å². The number of hydrogen-bond acceptors (Lipinski definition) is 4. The van der Waals surface area contributed by atoms with Gasteiger partial charge in [-0.2, -0.15) is 5.43 Å². The second-order valence-corrected chi connectivity index (χ2v) is 7.11. The highest BCUT2D eigenvalue weighted by Crippen LogP contribution is 2.31. The molecule has 0 unspecified atom stereocenters. The molecule has 6 heteroatoms. The van der Waals surface area contributed by atoms with E-state index in [4.69, 9.17) is 0 Å². The summed E-state index contributed by atoms with van der Waals surface area (Å²) < 4.78 is 1.17. The van der Waals surface area contributed by atoms with E-state index in [1.165, 1.54) is 10.3 Å². The molecule has 2 heterocycles. The number of carbonyl (C=O) groups excluding carboxylic acids is 1. The molecule has 1 aliphatic heterocycles. The summed E-state index contributed by atoms with van der Waals surface area (Å²) in [5, 5.41) is 1.06. The third kappa shape index (κ3) is 2.69. The molecule has 1 aromatic heterocycles. The number of amides is 1. The highest BCUT2D eigenvalue weighted by Gasteiger charge is 2.22. The van der Waals surface area contributed by atoms with Gasteiger partial charge in [-0.15, -0.1) is 11.3 Å². The third-order valence-electron chi connectivity index (χ3n) is 4.15. The van der Waals surface area contributed by atoms with Gasteiger partial charge in [-0.05, 0) is 55.3 Å². The molecule has 0 atom stereocenters. The van der Waals surface area contributed by atoms with Gasteiger partial charge < -0.3 is 4.90 Å². The monoisotopic (exact) mass is 337 g/mol. The van der Waals surface area contributed by atoms with E-state index in [2.05, 4.69) is 21.9 Å². The summed E-state index contributed by atoms with van der Waals surface area (Å²) in [5.74, 6) is 0.0889. The second kappa shape index (κ2) is 5.79. The van der Waals surface area contributed by atoms with Crippen LogP contribution in [0.1, 0.15) is 17.5 Å². The number of hydrogen-bond donors (Lipinski definition) is 1. The van der Waals surface area contributed by atoms with Gasteiger partial charge in [0.15, 0.2) is 0 Å². The van der Waals surface area contributed by atoms with Crippen molar-refractivity contribution in [2.45, 2.75) is 20.3 Å². The van der Waals surface area contributed by atoms with Gasteiger partial charge in [0, 0.05) is 19.2 Å². The number of thiazole rings is 1. The van der Waals surface area contributed by atoms with Crippen molar-refractivity contribution in [2.24, 2.45) is 0 Å². The first kappa shape index (κ1) is 15.0. The van der Waals surface area contributed by atoms with Crippen molar-refractivity contribution in [3.8, 4) is 0 Å². The number of nitrogens with zero attached hydrogens (tertiary/aromatic N) is 3. The molecule has 121 valence electrons. The predicted molar refractivity (Wildman–Crippen MR) is 97.9 cm³/mol. The minimum absolute atomic E-state index is 0.0889. The molecule has 0 spiro atoms. The summed E-state index contributed by atoms with van der Waals surface area (Å²) in [6, 6.07) is 12.0. The van der Waals surface area contributed by atoms with Crippen LogP contribution in [0.4, 0.5) is 17.1 Å². The fourth-order valence-corrected chi connectivity index (χ4v) is 3.84. The Morgan fingerprint density at radius 2 is 2.17 bits per heavy atom. The van der Waals surface area contributed by atoms with Gasteiger partial charge in [0.25, 0.3) is 0 Å². The summed E-state index contributed by atoms with van der Waals surface area (Å²) in [4.78, 5) is 17.9. The molecule has 1 N–H and O–H groups in total. The lowest BCUT2D eigenvalue weighted by atomic mass is 10.1. The lowest BCUT2D eigenvalue weighted by molar-refractivity contribution is -0.116. The number of fused-ring (bicyclic) bond motifs is 2. The van der Waals surface area contributed by atoms with Crippen molar-refractivity contribution in [3.05, 3.63) is 47.0 Å². The van der Waals surface area contributed by atoms with Crippen molar-refractivity contribution >= 4 is 44.5 Å². The van der Waals surface area contributed by atoms with E-state index < -0.39 is 0 Å². The Labute approximate surface area is 144 Å². The van der Waals surface area contributed by atoms with Gasteiger partial charge in [-0.3, -0.25) is 10.2 Å². The van der Waals surface area contributed by atoms with Crippen LogP contribution in [0, 0.1) is 6.92 Å². The smallest absolute Gasteiger partial charge is 0.223 e. The number of benzene rings is 2. The van der Waals surface area contributed by atoms with Crippen LogP contribution in [0.2, 0.25) is 0 Å². The molecular weight excluding hydrogens is 320 g/mol. The maximum atomic E-state index is 11.6. The van der Waals surface area contributed by atoms with Gasteiger partial charge in [-0.25, -0.2) is 4.98 Å². The zero-order chi connectivity index (χ0) is 16.7. The molecule has 0 saturated carbocycles. The van der Waals surface area contributed by atoms with Crippen LogP contribution in [-0.4, -0.2) is 17.4 Å². The van der Waals surface area contributed by atoms with Crippen molar-refractivity contribution in [3.63, 3.8) is 0 Å². The zero-order valence-electron chi connectivity index (χ0n) is 13.5. The average molecular weight is 337 g/mol. The summed E-state index contributed by atoms with van der Waals surface area (Å²) in [6.45, 7) is 4.37. The van der Waals surface area contributed by atoms with Crippen LogP contribution in [0.25, 0.3) is 10.2 Å². The number of nitrogens with one attached hydrogen (secondary N) is 1. The quantitative estimate of drug-likeness (QED) is 0.740. The molecule has 5 nitrogen and oxygen atoms in total. The van der Waals surface area contributed by atoms with Crippen LogP contribution in [0.3, 0.4) is 0 Å². The van der Waals surface area contributed by atoms with E-state index >= 15 is 0 Å². The maximum Gasteiger partial charge on any atom is 0.223 e. The van der Waals surface area contributed by atoms with E-state index in [-0.39, 0.29) is 5.91 Å². The van der Waals surface area contributed by atoms with Crippen LogP contribution in [0.15, 0.2) is 36.4 Å². The second-order valence-electron chi connectivity index (χ2n) is 5.87. The van der Waals surface area contributed by atoms with Gasteiger partial charge in [0.1, 0.15) is 0 Å². The Bertz CT molecular complexity index is 934. The van der Waals surface area contributed by atoms with Crippen molar-refractivity contribution in [2.75, 3.05) is 16.9 Å². The SMILES string of the molecule is CC(=O)N1CCc2cc(N[N]c3ccc4sc(C)nc4c3)ccc21. The maximum absolute atomic E-state index is 11.6. The summed E-state index contributed by atoms with van der Waals surface area (Å²) in [6.07, 6.45) is 0.883. The van der Waals surface area contributed by atoms with E-state index in [9.17, 15) is 4.79 Å². The number of aryl methyl sites for hydroxylation is 1. The fourth-order valence-electron chi connectivity index (χ4n) is 3.03. The highest BCUT2D eigenvalue weighted by molar-refractivity contribution is 7.18. The van der Waals surface area contributed by atoms with Gasteiger partial charge in [-0.1, -0.05) is 0 Å². The first-order valence-electron chi connectivity index (χ1n) is 7.85. The lowest BCUT2D eigenvalue weighted by Crippen LogP contribution is -2.25. The van der Waals surface area contributed by atoms with Gasteiger partial charge in [0.05, 0.1) is 26.6 Å². The van der Waals surface area contributed by atoms with Crippen LogP contribution in [-0.2, 0) is 11.2 Å². The molecule has 0 saturated heterocycles. The molecule has 1 amide bonds. The van der Waals surface area contributed by atoms with Crippen molar-refractivity contribution in [1.29, 1.82) is 0 Å². The number of aromatic nitrogens is 1. The molecule has 1 radical (unpaired) electrons. The predicted octanol–water partition coefficient (Wildman–Crippen LogP) is 3.78. The Morgan fingerprint density at radius 3 is 3.00 bits per heavy atom. The molecule has 24 heavy (non-hydrogen) atoms. The molecule has 3 aromatic rings. The number of anilines is 2. The Morgan fingerprint density at radius 1 is 1.29 bits per heavy atom. The highest BCUT2D eigenvalue weighted by atomic mass is 32.1. The van der Waals surface area contributed by atoms with Crippen molar-refractivity contribution in [1.82, 2.24) is 10.4 Å². The van der Waals surface area contributed by atoms with Crippen LogP contribution in [0.5, 0.6) is 0 Å². The molecule has 0 fully saturated rings. The largest absolute Gasteiger partial charge is 0.312 e. The molecular formula is C18H17N4OS. The van der Waals surface area contributed by atoms with E-state index in [0.717, 1.165) is 40.6 Å². The van der Waals surface area contributed by atoms with E-state index in [1.54, 1.807) is 18.3 Å². The molecule has 4 rings (SSSR count). The molecule has 2 aromatic carbocycles. The summed E-state index contributed by atoms with van der Waals surface area (Å²) >= 11 is 1.69. The Hall–Kier alpha value is -2.60. The first-order chi connectivity index (χ1) is 11.6. The standard InChI is InChI=1S/C18H17N4OS/c1-11-19-16-10-15(4-6-18(16)24-11)21-20-14-3-5-17-13(9-14)7-8-22(17)12(2)23/h3-6,9-10,20H,7-8H2,1-2H3. The van der Waals surface area contributed by atoms with Gasteiger partial charge >= 0.3 is 0 Å². The van der Waals surface area contributed by atoms with Gasteiger partial charge in [0.2, 0.25) is 5.91 Å². The topological polar surface area (TPSA) is 59.3 Å². The van der Waals surface area contributed by atoms with Crippen LogP contribution < -0.4 is 15.8 Å². The normalized spacial score (nSPS) is 13.2.